The van der Waals surface area contributed by atoms with Crippen LogP contribution in [0.5, 0.6) is 0 Å². The Labute approximate surface area is 80.6 Å². The van der Waals surface area contributed by atoms with Crippen LogP contribution in [0.3, 0.4) is 0 Å². The summed E-state index contributed by atoms with van der Waals surface area (Å²) in [6, 6.07) is 0.176. The van der Waals surface area contributed by atoms with E-state index in [4.69, 9.17) is 15.2 Å². The van der Waals surface area contributed by atoms with Gasteiger partial charge >= 0.3 is 0 Å². The van der Waals surface area contributed by atoms with Crippen LogP contribution in [0.1, 0.15) is 32.6 Å². The molecule has 0 saturated carbocycles. The largest absolute Gasteiger partial charge is 0.379 e. The van der Waals surface area contributed by atoms with E-state index in [0.717, 1.165) is 26.1 Å². The second-order valence-electron chi connectivity index (χ2n) is 3.64. The highest BCUT2D eigenvalue weighted by Gasteiger charge is 2.22. The van der Waals surface area contributed by atoms with Gasteiger partial charge in [-0.1, -0.05) is 19.8 Å². The van der Waals surface area contributed by atoms with Crippen molar-refractivity contribution in [1.82, 2.24) is 0 Å². The van der Waals surface area contributed by atoms with E-state index >= 15 is 0 Å². The lowest BCUT2D eigenvalue weighted by atomic mass is 10.1. The Morgan fingerprint density at radius 1 is 1.46 bits per heavy atom. The lowest BCUT2D eigenvalue weighted by Crippen LogP contribution is -2.44. The summed E-state index contributed by atoms with van der Waals surface area (Å²) in [6.45, 7) is 4.48. The van der Waals surface area contributed by atoms with Gasteiger partial charge in [0, 0.05) is 19.3 Å². The van der Waals surface area contributed by atoms with E-state index in [0.29, 0.717) is 6.61 Å². The summed E-state index contributed by atoms with van der Waals surface area (Å²) >= 11 is 0. The minimum atomic E-state index is 0.130. The van der Waals surface area contributed by atoms with E-state index in [1.807, 2.05) is 0 Å². The highest BCUT2D eigenvalue weighted by molar-refractivity contribution is 4.76. The van der Waals surface area contributed by atoms with Gasteiger partial charge in [-0.2, -0.15) is 0 Å². The van der Waals surface area contributed by atoms with Crippen molar-refractivity contribution in [3.8, 4) is 0 Å². The smallest absolute Gasteiger partial charge is 0.0959 e. The molecule has 1 aliphatic rings. The summed E-state index contributed by atoms with van der Waals surface area (Å²) in [7, 11) is 0. The average Bonchev–Trinajstić information content (AvgIpc) is 2.15. The van der Waals surface area contributed by atoms with Crippen LogP contribution in [-0.4, -0.2) is 32.0 Å². The molecule has 0 aromatic heterocycles. The zero-order valence-electron chi connectivity index (χ0n) is 8.50. The molecule has 0 amide bonds. The number of hydrogen-bond acceptors (Lipinski definition) is 3. The third-order valence-corrected chi connectivity index (χ3v) is 2.43. The first-order valence-electron chi connectivity index (χ1n) is 5.29. The minimum Gasteiger partial charge on any atom is -0.379 e. The molecule has 1 saturated heterocycles. The summed E-state index contributed by atoms with van der Waals surface area (Å²) in [5, 5.41) is 0. The van der Waals surface area contributed by atoms with Gasteiger partial charge in [0.25, 0.3) is 0 Å². The molecule has 0 aliphatic carbocycles. The van der Waals surface area contributed by atoms with Crippen LogP contribution >= 0.6 is 0 Å². The summed E-state index contributed by atoms with van der Waals surface area (Å²) < 4.78 is 11.0. The number of hydrogen-bond donors (Lipinski definition) is 1. The van der Waals surface area contributed by atoms with Crippen LogP contribution in [0.4, 0.5) is 0 Å². The van der Waals surface area contributed by atoms with Crippen molar-refractivity contribution in [3.05, 3.63) is 0 Å². The zero-order valence-corrected chi connectivity index (χ0v) is 8.50. The van der Waals surface area contributed by atoms with Gasteiger partial charge in [0.1, 0.15) is 0 Å². The lowest BCUT2D eigenvalue weighted by Gasteiger charge is -2.28. The van der Waals surface area contributed by atoms with E-state index in [9.17, 15) is 0 Å². The van der Waals surface area contributed by atoms with Gasteiger partial charge in [-0.15, -0.1) is 0 Å². The Bertz CT molecular complexity index is 130. The molecule has 0 aromatic rings. The number of unbranched alkanes of at least 4 members (excludes halogenated alkanes) is 2. The Morgan fingerprint density at radius 2 is 2.31 bits per heavy atom. The van der Waals surface area contributed by atoms with Crippen LogP contribution < -0.4 is 5.73 Å². The quantitative estimate of drug-likeness (QED) is 0.660. The molecule has 0 bridgehead atoms. The predicted molar refractivity (Wildman–Crippen MR) is 52.7 cm³/mol. The molecule has 0 aromatic carbocycles. The molecule has 1 aliphatic heterocycles. The minimum absolute atomic E-state index is 0.130. The Morgan fingerprint density at radius 3 is 3.00 bits per heavy atom. The second-order valence-corrected chi connectivity index (χ2v) is 3.64. The number of nitrogens with two attached hydrogens (primary N) is 1. The van der Waals surface area contributed by atoms with Gasteiger partial charge in [-0.25, -0.2) is 0 Å². The van der Waals surface area contributed by atoms with E-state index in [-0.39, 0.29) is 12.1 Å². The molecule has 2 N–H and O–H groups in total. The molecule has 1 rings (SSSR count). The maximum Gasteiger partial charge on any atom is 0.0959 e. The van der Waals surface area contributed by atoms with Gasteiger partial charge < -0.3 is 15.2 Å². The predicted octanol–water partition coefficient (Wildman–Crippen LogP) is 1.31. The van der Waals surface area contributed by atoms with Crippen molar-refractivity contribution < 1.29 is 9.47 Å². The summed E-state index contributed by atoms with van der Waals surface area (Å²) in [5.74, 6) is 0. The van der Waals surface area contributed by atoms with E-state index < -0.39 is 0 Å². The summed E-state index contributed by atoms with van der Waals surface area (Å²) in [6.07, 6.45) is 4.67. The molecule has 0 spiro atoms. The Hall–Kier alpha value is -0.120. The van der Waals surface area contributed by atoms with Crippen LogP contribution in [0.15, 0.2) is 0 Å². The molecule has 78 valence electrons. The average molecular weight is 187 g/mol. The SMILES string of the molecule is CCCCCOC1COCCC1N. The molecule has 3 nitrogen and oxygen atoms in total. The first-order valence-corrected chi connectivity index (χ1v) is 5.29. The van der Waals surface area contributed by atoms with Gasteiger partial charge in [-0.3, -0.25) is 0 Å². The molecule has 3 heteroatoms. The third-order valence-electron chi connectivity index (χ3n) is 2.43. The number of ether oxygens (including phenoxy) is 2. The van der Waals surface area contributed by atoms with Crippen LogP contribution in [0.25, 0.3) is 0 Å². The Balaban J connectivity index is 2.05. The number of rotatable bonds is 5. The highest BCUT2D eigenvalue weighted by atomic mass is 16.5. The van der Waals surface area contributed by atoms with Crippen molar-refractivity contribution in [2.45, 2.75) is 44.8 Å². The van der Waals surface area contributed by atoms with Crippen molar-refractivity contribution in [1.29, 1.82) is 0 Å². The highest BCUT2D eigenvalue weighted by Crippen LogP contribution is 2.09. The van der Waals surface area contributed by atoms with Crippen LogP contribution in [0, 0.1) is 0 Å². The van der Waals surface area contributed by atoms with Gasteiger partial charge in [-0.05, 0) is 12.8 Å². The molecular formula is C10H21NO2. The summed E-state index contributed by atoms with van der Waals surface area (Å²) in [5.41, 5.74) is 5.89. The molecule has 2 unspecified atom stereocenters. The molecular weight excluding hydrogens is 166 g/mol. The maximum atomic E-state index is 5.89. The third kappa shape index (κ3) is 4.07. The maximum absolute atomic E-state index is 5.89. The molecule has 2 atom stereocenters. The Kier molecular flexibility index (Phi) is 5.35. The molecule has 13 heavy (non-hydrogen) atoms. The monoisotopic (exact) mass is 187 g/mol. The summed E-state index contributed by atoms with van der Waals surface area (Å²) in [4.78, 5) is 0. The topological polar surface area (TPSA) is 44.5 Å². The van der Waals surface area contributed by atoms with Gasteiger partial charge in [0.05, 0.1) is 12.7 Å². The van der Waals surface area contributed by atoms with Gasteiger partial charge in [0.2, 0.25) is 0 Å². The zero-order chi connectivity index (χ0) is 9.52. The lowest BCUT2D eigenvalue weighted by molar-refractivity contribution is -0.0617. The van der Waals surface area contributed by atoms with Crippen LogP contribution in [0.2, 0.25) is 0 Å². The molecule has 0 radical (unpaired) electrons. The van der Waals surface area contributed by atoms with Gasteiger partial charge in [0.15, 0.2) is 0 Å². The van der Waals surface area contributed by atoms with E-state index in [1.54, 1.807) is 0 Å². The van der Waals surface area contributed by atoms with Crippen molar-refractivity contribution in [3.63, 3.8) is 0 Å². The molecule has 1 heterocycles. The van der Waals surface area contributed by atoms with Crippen molar-refractivity contribution in [2.24, 2.45) is 5.73 Å². The molecule has 1 fully saturated rings. The fourth-order valence-electron chi connectivity index (χ4n) is 1.49. The first-order chi connectivity index (χ1) is 6.34. The van der Waals surface area contributed by atoms with E-state index in [2.05, 4.69) is 6.92 Å². The van der Waals surface area contributed by atoms with Crippen molar-refractivity contribution >= 4 is 0 Å². The fraction of sp³-hybridized carbons (Fsp3) is 1.00. The normalized spacial score (nSPS) is 29.1. The van der Waals surface area contributed by atoms with Crippen molar-refractivity contribution in [2.75, 3.05) is 19.8 Å². The van der Waals surface area contributed by atoms with E-state index in [1.165, 1.54) is 12.8 Å². The fourth-order valence-corrected chi connectivity index (χ4v) is 1.49. The van der Waals surface area contributed by atoms with Crippen LogP contribution in [-0.2, 0) is 9.47 Å². The first kappa shape index (κ1) is 11.0. The standard InChI is InChI=1S/C10H21NO2/c1-2-3-4-6-13-10-8-12-7-5-9(10)11/h9-10H,2-8,11H2,1H3. The second kappa shape index (κ2) is 6.35.